The SMILES string of the molecule is CC(=O)N1CCN(C(=O)[C@@H]2CCCN2C(=O)C(NC(=O)c2cc3cc(C(F)(F)P(=O)(O)O)ccc3s2)C(C)(C)C)C[C@@H]1c1ccccc1. The van der Waals surface area contributed by atoms with E-state index in [1.165, 1.54) is 24.0 Å². The third kappa shape index (κ3) is 7.03. The molecule has 2 fully saturated rings. The van der Waals surface area contributed by atoms with Gasteiger partial charge in [-0.25, -0.2) is 0 Å². The van der Waals surface area contributed by atoms with Crippen LogP contribution >= 0.6 is 18.9 Å². The summed E-state index contributed by atoms with van der Waals surface area (Å²) in [4.78, 5) is 77.4. The number of piperazine rings is 1. The summed E-state index contributed by atoms with van der Waals surface area (Å²) in [6.45, 7) is 8.16. The van der Waals surface area contributed by atoms with Crippen LogP contribution in [-0.4, -0.2) is 86.4 Å². The van der Waals surface area contributed by atoms with Crippen molar-refractivity contribution in [1.82, 2.24) is 20.0 Å². The summed E-state index contributed by atoms with van der Waals surface area (Å²) in [5.41, 5.74) is -5.14. The van der Waals surface area contributed by atoms with E-state index in [4.69, 9.17) is 9.79 Å². The van der Waals surface area contributed by atoms with Crippen molar-refractivity contribution < 1.29 is 42.3 Å². The number of carbonyl (C=O) groups excluding carboxylic acids is 4. The topological polar surface area (TPSA) is 148 Å². The minimum absolute atomic E-state index is 0.0875. The molecule has 5 rings (SSSR count). The van der Waals surface area contributed by atoms with E-state index < -0.39 is 48.1 Å². The molecule has 0 bridgehead atoms. The first kappa shape index (κ1) is 35.6. The number of likely N-dealkylation sites (tertiary alicyclic amines) is 1. The van der Waals surface area contributed by atoms with Crippen molar-refractivity contribution in [1.29, 1.82) is 0 Å². The highest BCUT2D eigenvalue weighted by molar-refractivity contribution is 7.52. The van der Waals surface area contributed by atoms with Crippen LogP contribution in [0.2, 0.25) is 0 Å². The molecule has 48 heavy (non-hydrogen) atoms. The van der Waals surface area contributed by atoms with Crippen molar-refractivity contribution in [2.75, 3.05) is 26.2 Å². The number of rotatable bonds is 7. The highest BCUT2D eigenvalue weighted by Crippen LogP contribution is 2.59. The standard InChI is InChI=1S/C33H39F2N4O7PS/c1-20(40)38-16-15-37(19-25(38)21-9-6-5-7-10-21)30(42)24-11-8-14-39(24)31(43)28(32(2,3)4)36-29(41)27-18-22-17-23(12-13-26(22)48-27)33(34,35)47(44,45)46/h5-7,9-10,12-13,17-18,24-25,28H,8,11,14-16,19H2,1-4H3,(H,36,41)(H2,44,45,46)/t24-,25+,28?/m0/s1. The van der Waals surface area contributed by atoms with Crippen molar-refractivity contribution in [2.24, 2.45) is 5.41 Å². The Morgan fingerprint density at radius 3 is 2.29 bits per heavy atom. The summed E-state index contributed by atoms with van der Waals surface area (Å²) < 4.78 is 40.5. The quantitative estimate of drug-likeness (QED) is 0.302. The van der Waals surface area contributed by atoms with Crippen molar-refractivity contribution >= 4 is 52.6 Å². The van der Waals surface area contributed by atoms with Gasteiger partial charge in [-0.3, -0.25) is 23.7 Å². The molecule has 11 nitrogen and oxygen atoms in total. The van der Waals surface area contributed by atoms with Gasteiger partial charge in [0.25, 0.3) is 5.91 Å². The average molecular weight is 705 g/mol. The number of thiophene rings is 1. The van der Waals surface area contributed by atoms with Crippen LogP contribution in [0.1, 0.15) is 67.4 Å². The zero-order valence-corrected chi connectivity index (χ0v) is 28.8. The zero-order chi connectivity index (χ0) is 35.2. The Hall–Kier alpha value is -3.71. The van der Waals surface area contributed by atoms with Crippen molar-refractivity contribution in [3.63, 3.8) is 0 Å². The Kier molecular flexibility index (Phi) is 9.86. The number of fused-ring (bicyclic) bond motifs is 1. The molecule has 3 N–H and O–H groups in total. The number of halogens is 2. The van der Waals surface area contributed by atoms with Gasteiger partial charge in [0.05, 0.1) is 10.9 Å². The van der Waals surface area contributed by atoms with E-state index in [9.17, 15) is 32.5 Å². The molecule has 4 amide bonds. The first-order valence-corrected chi connectivity index (χ1v) is 18.0. The molecule has 15 heteroatoms. The van der Waals surface area contributed by atoms with Crippen LogP contribution in [0.4, 0.5) is 8.78 Å². The third-order valence-electron chi connectivity index (χ3n) is 8.94. The highest BCUT2D eigenvalue weighted by Gasteiger charge is 2.50. The lowest BCUT2D eigenvalue weighted by atomic mass is 9.85. The molecule has 3 heterocycles. The highest BCUT2D eigenvalue weighted by atomic mass is 32.1. The summed E-state index contributed by atoms with van der Waals surface area (Å²) in [5.74, 6) is -1.34. The van der Waals surface area contributed by atoms with E-state index in [0.717, 1.165) is 29.0 Å². The summed E-state index contributed by atoms with van der Waals surface area (Å²) in [6.07, 6.45) is 1.05. The summed E-state index contributed by atoms with van der Waals surface area (Å²) in [5, 5.41) is 3.00. The van der Waals surface area contributed by atoms with Gasteiger partial charge in [-0.05, 0) is 47.4 Å². The zero-order valence-electron chi connectivity index (χ0n) is 27.1. The van der Waals surface area contributed by atoms with E-state index in [0.29, 0.717) is 37.2 Å². The van der Waals surface area contributed by atoms with Crippen molar-refractivity contribution in [3.05, 3.63) is 70.6 Å². The van der Waals surface area contributed by atoms with Crippen molar-refractivity contribution in [2.45, 2.75) is 64.3 Å². The van der Waals surface area contributed by atoms with Gasteiger partial charge in [0.2, 0.25) is 17.7 Å². The van der Waals surface area contributed by atoms with Crippen molar-refractivity contribution in [3.8, 4) is 0 Å². The second kappa shape index (κ2) is 13.3. The van der Waals surface area contributed by atoms with Gasteiger partial charge >= 0.3 is 13.3 Å². The second-order valence-corrected chi connectivity index (χ2v) is 16.1. The van der Waals surface area contributed by atoms with E-state index in [1.54, 1.807) is 30.6 Å². The van der Waals surface area contributed by atoms with Gasteiger partial charge in [-0.2, -0.15) is 8.78 Å². The smallest absolute Gasteiger partial charge is 0.339 e. The molecule has 2 aromatic carbocycles. The average Bonchev–Trinajstić information content (AvgIpc) is 3.69. The van der Waals surface area contributed by atoms with E-state index in [2.05, 4.69) is 5.32 Å². The number of hydrogen-bond donors (Lipinski definition) is 3. The minimum atomic E-state index is -5.78. The number of carbonyl (C=O) groups is 4. The molecule has 258 valence electrons. The maximum Gasteiger partial charge on any atom is 0.399 e. The Morgan fingerprint density at radius 2 is 1.67 bits per heavy atom. The molecule has 1 unspecified atom stereocenters. The number of nitrogens with one attached hydrogen (secondary N) is 1. The van der Waals surface area contributed by atoms with Gasteiger partial charge in [0, 0.05) is 43.4 Å². The summed E-state index contributed by atoms with van der Waals surface area (Å²) >= 11 is 0.989. The monoisotopic (exact) mass is 704 g/mol. The molecular formula is C33H39F2N4O7PS. The van der Waals surface area contributed by atoms with Gasteiger partial charge in [0.1, 0.15) is 12.1 Å². The van der Waals surface area contributed by atoms with Gasteiger partial charge in [-0.15, -0.1) is 11.3 Å². The molecule has 0 spiro atoms. The molecule has 0 saturated carbocycles. The van der Waals surface area contributed by atoms with Crippen LogP contribution in [0.25, 0.3) is 10.1 Å². The van der Waals surface area contributed by atoms with Crippen LogP contribution in [-0.2, 0) is 24.6 Å². The number of nitrogens with zero attached hydrogens (tertiary/aromatic N) is 3. The van der Waals surface area contributed by atoms with E-state index in [-0.39, 0.29) is 34.7 Å². The Balaban J connectivity index is 1.34. The van der Waals surface area contributed by atoms with Gasteiger partial charge < -0.3 is 29.8 Å². The van der Waals surface area contributed by atoms with Crippen LogP contribution in [0.3, 0.4) is 0 Å². The Labute approximate surface area is 281 Å². The van der Waals surface area contributed by atoms with Gasteiger partial charge in [0.15, 0.2) is 0 Å². The van der Waals surface area contributed by atoms with E-state index in [1.807, 2.05) is 30.3 Å². The fourth-order valence-corrected chi connectivity index (χ4v) is 7.77. The number of amides is 4. The number of hydrogen-bond acceptors (Lipinski definition) is 6. The first-order chi connectivity index (χ1) is 22.4. The lowest BCUT2D eigenvalue weighted by Crippen LogP contribution is -2.59. The maximum atomic E-state index is 14.3. The molecule has 0 aliphatic carbocycles. The second-order valence-electron chi connectivity index (χ2n) is 13.3. The lowest BCUT2D eigenvalue weighted by Gasteiger charge is -2.43. The number of benzene rings is 2. The molecule has 2 saturated heterocycles. The third-order valence-corrected chi connectivity index (χ3v) is 11.0. The molecule has 3 atom stereocenters. The normalized spacial score (nSPS) is 19.8. The Morgan fingerprint density at radius 1 is 0.979 bits per heavy atom. The molecular weight excluding hydrogens is 665 g/mol. The Bertz CT molecular complexity index is 1770. The molecule has 2 aliphatic heterocycles. The summed E-state index contributed by atoms with van der Waals surface area (Å²) in [7, 11) is -5.78. The predicted molar refractivity (Wildman–Crippen MR) is 176 cm³/mol. The fraction of sp³-hybridized carbons (Fsp3) is 0.455. The van der Waals surface area contributed by atoms with Crippen LogP contribution in [0.15, 0.2) is 54.6 Å². The molecule has 0 radical (unpaired) electrons. The molecule has 1 aromatic heterocycles. The van der Waals surface area contributed by atoms with Crippen LogP contribution in [0, 0.1) is 5.41 Å². The number of alkyl halides is 2. The largest absolute Gasteiger partial charge is 0.399 e. The lowest BCUT2D eigenvalue weighted by molar-refractivity contribution is -0.149. The molecule has 3 aromatic rings. The van der Waals surface area contributed by atoms with Crippen LogP contribution < -0.4 is 5.32 Å². The minimum Gasteiger partial charge on any atom is -0.339 e. The van der Waals surface area contributed by atoms with Crippen LogP contribution in [0.5, 0.6) is 0 Å². The molecule has 2 aliphatic rings. The first-order valence-electron chi connectivity index (χ1n) is 15.6. The van der Waals surface area contributed by atoms with Gasteiger partial charge in [-0.1, -0.05) is 57.2 Å². The predicted octanol–water partition coefficient (Wildman–Crippen LogP) is 4.70. The summed E-state index contributed by atoms with van der Waals surface area (Å²) in [6, 6.07) is 11.8. The van der Waals surface area contributed by atoms with E-state index >= 15 is 0 Å². The maximum absolute atomic E-state index is 14.3. The fourth-order valence-electron chi connectivity index (χ4n) is 6.35.